The Hall–Kier alpha value is -3.65. The number of carbonyl (C=O) groups is 3. The van der Waals surface area contributed by atoms with Gasteiger partial charge in [0.1, 0.15) is 23.9 Å². The molecule has 0 fully saturated rings. The minimum absolute atomic E-state index is 0.0657. The first-order chi connectivity index (χ1) is 18.6. The summed E-state index contributed by atoms with van der Waals surface area (Å²) in [6.45, 7) is 7.95. The molecule has 0 saturated heterocycles. The first kappa shape index (κ1) is 29.9. The number of rotatable bonds is 8. The molecular weight excluding hydrogens is 492 g/mol. The molecule has 4 rings (SSSR count). The lowest BCUT2D eigenvalue weighted by Gasteiger charge is -2.35. The molecule has 2 bridgehead atoms. The van der Waals surface area contributed by atoms with Gasteiger partial charge in [-0.15, -0.1) is 0 Å². The molecule has 2 aromatic carbocycles. The summed E-state index contributed by atoms with van der Waals surface area (Å²) in [5, 5.41) is 8.72. The van der Waals surface area contributed by atoms with E-state index in [0.29, 0.717) is 12.2 Å². The Morgan fingerprint density at radius 2 is 1.67 bits per heavy atom. The Balaban J connectivity index is 2.03. The quantitative estimate of drug-likeness (QED) is 0.482. The molecule has 2 aromatic rings. The first-order valence-corrected chi connectivity index (χ1v) is 13.7. The molecule has 0 saturated carbocycles. The first-order valence-electron chi connectivity index (χ1n) is 13.7. The van der Waals surface area contributed by atoms with Crippen LogP contribution < -0.4 is 20.7 Å². The molecule has 3 amide bonds. The van der Waals surface area contributed by atoms with Crippen molar-refractivity contribution < 1.29 is 19.1 Å². The van der Waals surface area contributed by atoms with Gasteiger partial charge in [-0.25, -0.2) is 0 Å². The Morgan fingerprint density at radius 1 is 1.00 bits per heavy atom. The maximum absolute atomic E-state index is 14.0. The number of nitrogens with zero attached hydrogens (tertiary/aromatic N) is 1. The molecular formula is C31H42N4O4. The SMILES string of the molecule is CC[C@@H](C)[C@H](C(=O)N[C@H]1C(=O)N[C@@H](Cc2ccccc2)C(=O)N/C=C/c2ccc(cc2)O[C@@H]1C(C)C)N(C)C. The van der Waals surface area contributed by atoms with E-state index in [-0.39, 0.29) is 23.7 Å². The van der Waals surface area contributed by atoms with Crippen molar-refractivity contribution in [3.63, 3.8) is 0 Å². The molecule has 0 unspecified atom stereocenters. The summed E-state index contributed by atoms with van der Waals surface area (Å²) < 4.78 is 6.35. The van der Waals surface area contributed by atoms with Crippen LogP contribution in [0.15, 0.2) is 60.8 Å². The van der Waals surface area contributed by atoms with E-state index in [1.54, 1.807) is 12.3 Å². The molecule has 210 valence electrons. The molecule has 2 aliphatic rings. The van der Waals surface area contributed by atoms with Gasteiger partial charge >= 0.3 is 0 Å². The zero-order valence-corrected chi connectivity index (χ0v) is 23.8. The van der Waals surface area contributed by atoms with Crippen molar-refractivity contribution in [3.05, 3.63) is 71.9 Å². The highest BCUT2D eigenvalue weighted by Gasteiger charge is 2.38. The van der Waals surface area contributed by atoms with Crippen molar-refractivity contribution in [1.82, 2.24) is 20.9 Å². The largest absolute Gasteiger partial charge is 0.487 e. The topological polar surface area (TPSA) is 99.8 Å². The van der Waals surface area contributed by atoms with E-state index in [1.165, 1.54) is 0 Å². The van der Waals surface area contributed by atoms with Crippen molar-refractivity contribution in [3.8, 4) is 5.75 Å². The summed E-state index contributed by atoms with van der Waals surface area (Å²) in [5.41, 5.74) is 1.79. The lowest BCUT2D eigenvalue weighted by Crippen LogP contribution is -2.62. The van der Waals surface area contributed by atoms with Crippen LogP contribution in [0.3, 0.4) is 0 Å². The second kappa shape index (κ2) is 13.9. The molecule has 0 radical (unpaired) electrons. The number of carbonyl (C=O) groups excluding carboxylic acids is 3. The molecule has 8 nitrogen and oxygen atoms in total. The molecule has 5 atom stereocenters. The summed E-state index contributed by atoms with van der Waals surface area (Å²) in [7, 11) is 3.71. The van der Waals surface area contributed by atoms with Gasteiger partial charge in [0, 0.05) is 12.6 Å². The van der Waals surface area contributed by atoms with E-state index in [9.17, 15) is 14.4 Å². The Kier molecular flexibility index (Phi) is 10.7. The van der Waals surface area contributed by atoms with Gasteiger partial charge in [0.05, 0.1) is 6.04 Å². The van der Waals surface area contributed by atoms with Crippen molar-refractivity contribution in [2.45, 2.75) is 64.8 Å². The van der Waals surface area contributed by atoms with Gasteiger partial charge in [0.15, 0.2) is 0 Å². The molecule has 2 heterocycles. The van der Waals surface area contributed by atoms with Crippen molar-refractivity contribution in [2.75, 3.05) is 14.1 Å². The molecule has 39 heavy (non-hydrogen) atoms. The normalized spacial score (nSPS) is 22.3. The third-order valence-corrected chi connectivity index (χ3v) is 7.14. The van der Waals surface area contributed by atoms with Crippen LogP contribution in [0.25, 0.3) is 6.08 Å². The zero-order valence-electron chi connectivity index (χ0n) is 23.8. The van der Waals surface area contributed by atoms with E-state index in [0.717, 1.165) is 17.5 Å². The molecule has 8 heteroatoms. The molecule has 0 aromatic heterocycles. The van der Waals surface area contributed by atoms with Crippen LogP contribution in [-0.2, 0) is 20.8 Å². The van der Waals surface area contributed by atoms with Gasteiger partial charge in [-0.3, -0.25) is 19.3 Å². The fourth-order valence-electron chi connectivity index (χ4n) is 4.81. The minimum Gasteiger partial charge on any atom is -0.487 e. The average molecular weight is 535 g/mol. The van der Waals surface area contributed by atoms with Crippen LogP contribution in [0.2, 0.25) is 0 Å². The predicted octanol–water partition coefficient (Wildman–Crippen LogP) is 3.38. The van der Waals surface area contributed by atoms with Gasteiger partial charge in [-0.05, 0) is 55.3 Å². The van der Waals surface area contributed by atoms with Crippen molar-refractivity contribution in [1.29, 1.82) is 0 Å². The van der Waals surface area contributed by atoms with Gasteiger partial charge in [0.25, 0.3) is 0 Å². The Morgan fingerprint density at radius 3 is 2.26 bits per heavy atom. The summed E-state index contributed by atoms with van der Waals surface area (Å²) in [6, 6.07) is 14.6. The van der Waals surface area contributed by atoms with E-state index in [2.05, 4.69) is 16.0 Å². The van der Waals surface area contributed by atoms with Crippen molar-refractivity contribution >= 4 is 23.8 Å². The van der Waals surface area contributed by atoms with E-state index in [4.69, 9.17) is 4.74 Å². The maximum Gasteiger partial charge on any atom is 0.247 e. The number of ether oxygens (including phenoxy) is 1. The fourth-order valence-corrected chi connectivity index (χ4v) is 4.81. The van der Waals surface area contributed by atoms with E-state index in [1.807, 2.05) is 101 Å². The highest BCUT2D eigenvalue weighted by molar-refractivity contribution is 5.94. The van der Waals surface area contributed by atoms with Crippen LogP contribution >= 0.6 is 0 Å². The number of amides is 3. The third kappa shape index (κ3) is 8.17. The number of nitrogens with one attached hydrogen (secondary N) is 3. The van der Waals surface area contributed by atoms with Gasteiger partial charge in [-0.2, -0.15) is 0 Å². The summed E-state index contributed by atoms with van der Waals surface area (Å²) in [4.78, 5) is 42.7. The monoisotopic (exact) mass is 534 g/mol. The minimum atomic E-state index is -1.03. The predicted molar refractivity (Wildman–Crippen MR) is 154 cm³/mol. The smallest absolute Gasteiger partial charge is 0.247 e. The number of hydrogen-bond acceptors (Lipinski definition) is 5. The highest BCUT2D eigenvalue weighted by atomic mass is 16.5. The summed E-state index contributed by atoms with van der Waals surface area (Å²) in [6.07, 6.45) is 3.77. The van der Waals surface area contributed by atoms with Crippen LogP contribution in [0.5, 0.6) is 5.75 Å². The molecule has 0 aliphatic carbocycles. The second-order valence-corrected chi connectivity index (χ2v) is 10.8. The average Bonchev–Trinajstić information content (AvgIpc) is 2.90. The van der Waals surface area contributed by atoms with Gasteiger partial charge in [0.2, 0.25) is 17.7 Å². The standard InChI is InChI=1S/C31H42N4O4/c1-7-21(4)27(35(5)6)31(38)34-26-28(20(2)3)39-24-15-13-22(14-16-24)17-18-32-29(36)25(33-30(26)37)19-23-11-9-8-10-12-23/h8-18,20-21,25-28H,7,19H2,1-6H3,(H,32,36)(H,33,37)(H,34,38)/b18-17+/t21-,25+,26-,27-,28-/m1/s1. The fraction of sp³-hybridized carbons (Fsp3) is 0.452. The van der Waals surface area contributed by atoms with Crippen LogP contribution in [0, 0.1) is 11.8 Å². The number of fused-ring (bicyclic) bond motifs is 10. The van der Waals surface area contributed by atoms with Crippen molar-refractivity contribution in [2.24, 2.45) is 11.8 Å². The maximum atomic E-state index is 14.0. The zero-order chi connectivity index (χ0) is 28.5. The molecule has 3 N–H and O–H groups in total. The number of benzene rings is 2. The van der Waals surface area contributed by atoms with Crippen LogP contribution in [0.4, 0.5) is 0 Å². The molecule has 2 aliphatic heterocycles. The molecule has 0 spiro atoms. The van der Waals surface area contributed by atoms with Gasteiger partial charge < -0.3 is 20.7 Å². The lowest BCUT2D eigenvalue weighted by atomic mass is 9.94. The van der Waals surface area contributed by atoms with Crippen LogP contribution in [0.1, 0.15) is 45.2 Å². The number of likely N-dealkylation sites (N-methyl/N-ethyl adjacent to an activating group) is 1. The number of hydrogen-bond donors (Lipinski definition) is 3. The Bertz CT molecular complexity index is 1130. The third-order valence-electron chi connectivity index (χ3n) is 7.14. The highest BCUT2D eigenvalue weighted by Crippen LogP contribution is 2.21. The van der Waals surface area contributed by atoms with E-state index >= 15 is 0 Å². The summed E-state index contributed by atoms with van der Waals surface area (Å²) in [5.74, 6) is -0.558. The lowest BCUT2D eigenvalue weighted by molar-refractivity contribution is -0.136. The summed E-state index contributed by atoms with van der Waals surface area (Å²) >= 11 is 0. The van der Waals surface area contributed by atoms with Crippen LogP contribution in [-0.4, -0.2) is 60.9 Å². The Labute approximate surface area is 232 Å². The van der Waals surface area contributed by atoms with Gasteiger partial charge in [-0.1, -0.05) is 76.6 Å². The second-order valence-electron chi connectivity index (χ2n) is 10.8. The van der Waals surface area contributed by atoms with E-state index < -0.39 is 30.1 Å².